The Kier molecular flexibility index (Phi) is 5.94. The number of ether oxygens (including phenoxy) is 3. The van der Waals surface area contributed by atoms with E-state index in [1.165, 1.54) is 0 Å². The summed E-state index contributed by atoms with van der Waals surface area (Å²) in [6, 6.07) is 23.1. The van der Waals surface area contributed by atoms with E-state index in [2.05, 4.69) is 0 Å². The van der Waals surface area contributed by atoms with Crippen LogP contribution in [0.2, 0.25) is 0 Å². The molecule has 0 bridgehead atoms. The lowest BCUT2D eigenvalue weighted by molar-refractivity contribution is 0.104. The Hall–Kier alpha value is -4.58. The molecule has 174 valence electrons. The molecule has 0 fully saturated rings. The first-order chi connectivity index (χ1) is 17.1. The smallest absolute Gasteiger partial charge is 0.204 e. The summed E-state index contributed by atoms with van der Waals surface area (Å²) < 4.78 is 18.0. The quantitative estimate of drug-likeness (QED) is 0.216. The highest BCUT2D eigenvalue weighted by Crippen LogP contribution is 2.33. The third-order valence-corrected chi connectivity index (χ3v) is 5.96. The molecule has 0 amide bonds. The van der Waals surface area contributed by atoms with E-state index < -0.39 is 0 Å². The van der Waals surface area contributed by atoms with Crippen molar-refractivity contribution in [3.63, 3.8) is 0 Å². The molecule has 6 heteroatoms. The molecule has 5 aromatic rings. The van der Waals surface area contributed by atoms with E-state index in [0.717, 1.165) is 33.3 Å². The van der Waals surface area contributed by atoms with Crippen molar-refractivity contribution >= 4 is 28.3 Å². The number of ketones is 1. The van der Waals surface area contributed by atoms with Crippen LogP contribution in [0, 0.1) is 0 Å². The molecular weight excluding hydrogens is 440 g/mol. The molecular formula is C29H24N2O4. The van der Waals surface area contributed by atoms with Gasteiger partial charge in [0.05, 0.1) is 21.3 Å². The first-order valence-corrected chi connectivity index (χ1v) is 11.1. The molecule has 2 aromatic heterocycles. The summed E-state index contributed by atoms with van der Waals surface area (Å²) in [4.78, 5) is 18.6. The van der Waals surface area contributed by atoms with E-state index in [4.69, 9.17) is 19.2 Å². The van der Waals surface area contributed by atoms with Crippen molar-refractivity contribution in [1.29, 1.82) is 0 Å². The Balaban J connectivity index is 1.67. The van der Waals surface area contributed by atoms with Crippen molar-refractivity contribution in [2.75, 3.05) is 21.3 Å². The minimum absolute atomic E-state index is 0.177. The minimum atomic E-state index is -0.177. The summed E-state index contributed by atoms with van der Waals surface area (Å²) in [7, 11) is 4.79. The maximum absolute atomic E-state index is 13.7. The molecule has 0 N–H and O–H groups in total. The second kappa shape index (κ2) is 9.35. The number of hydrogen-bond acceptors (Lipinski definition) is 5. The highest BCUT2D eigenvalue weighted by molar-refractivity contribution is 6.11. The van der Waals surface area contributed by atoms with E-state index in [-0.39, 0.29) is 5.78 Å². The highest BCUT2D eigenvalue weighted by atomic mass is 16.5. The van der Waals surface area contributed by atoms with Gasteiger partial charge in [0.1, 0.15) is 22.8 Å². The standard InChI is InChI=1S/C29H24N2O4/c1-33-22-14-11-20(12-15-22)26-27(31-18-17-19-7-4-5-9-23(19)29(31)30-26)24(32)16-13-21-8-6-10-25(34-2)28(21)35-3/h4-18H,1-3H3. The Bertz CT molecular complexity index is 1570. The van der Waals surface area contributed by atoms with Gasteiger partial charge >= 0.3 is 0 Å². The van der Waals surface area contributed by atoms with Gasteiger partial charge < -0.3 is 14.2 Å². The van der Waals surface area contributed by atoms with E-state index in [1.807, 2.05) is 83.4 Å². The Morgan fingerprint density at radius 2 is 1.66 bits per heavy atom. The van der Waals surface area contributed by atoms with Crippen molar-refractivity contribution in [1.82, 2.24) is 9.38 Å². The number of carbonyl (C=O) groups excluding carboxylic acids is 1. The number of rotatable bonds is 7. The van der Waals surface area contributed by atoms with Gasteiger partial charge in [0.15, 0.2) is 11.5 Å². The Labute approximate surface area is 203 Å². The van der Waals surface area contributed by atoms with E-state index in [1.54, 1.807) is 33.5 Å². The number of para-hydroxylation sites is 1. The molecule has 0 aliphatic carbocycles. The number of nitrogens with zero attached hydrogens (tertiary/aromatic N) is 2. The van der Waals surface area contributed by atoms with Crippen LogP contribution in [0.3, 0.4) is 0 Å². The third kappa shape index (κ3) is 3.99. The molecule has 35 heavy (non-hydrogen) atoms. The fourth-order valence-electron chi connectivity index (χ4n) is 4.24. The van der Waals surface area contributed by atoms with E-state index in [0.29, 0.717) is 22.9 Å². The van der Waals surface area contributed by atoms with Crippen LogP contribution in [-0.2, 0) is 0 Å². The van der Waals surface area contributed by atoms with Crippen molar-refractivity contribution in [3.8, 4) is 28.5 Å². The monoisotopic (exact) mass is 464 g/mol. The second-order valence-electron chi connectivity index (χ2n) is 7.91. The van der Waals surface area contributed by atoms with Crippen LogP contribution >= 0.6 is 0 Å². The average molecular weight is 465 g/mol. The molecule has 0 aliphatic rings. The van der Waals surface area contributed by atoms with Crippen LogP contribution in [0.15, 0.2) is 85.1 Å². The number of imidazole rings is 1. The molecule has 0 spiro atoms. The van der Waals surface area contributed by atoms with E-state index >= 15 is 0 Å². The van der Waals surface area contributed by atoms with Crippen molar-refractivity contribution in [3.05, 3.63) is 96.3 Å². The normalized spacial score (nSPS) is 11.3. The lowest BCUT2D eigenvalue weighted by atomic mass is 10.1. The molecule has 0 aliphatic heterocycles. The van der Waals surface area contributed by atoms with Gasteiger partial charge in [0, 0.05) is 22.7 Å². The first-order valence-electron chi connectivity index (χ1n) is 11.1. The predicted molar refractivity (Wildman–Crippen MR) is 138 cm³/mol. The molecule has 0 saturated carbocycles. The summed E-state index contributed by atoms with van der Waals surface area (Å²) in [5.41, 5.74) is 3.38. The fraction of sp³-hybridized carbons (Fsp3) is 0.103. The molecule has 0 atom stereocenters. The summed E-state index contributed by atoms with van der Waals surface area (Å²) in [5, 5.41) is 2.03. The van der Waals surface area contributed by atoms with Crippen LogP contribution in [0.1, 0.15) is 16.1 Å². The number of fused-ring (bicyclic) bond motifs is 3. The minimum Gasteiger partial charge on any atom is -0.497 e. The van der Waals surface area contributed by atoms with Gasteiger partial charge in [0.25, 0.3) is 0 Å². The highest BCUT2D eigenvalue weighted by Gasteiger charge is 2.20. The number of hydrogen-bond donors (Lipinski definition) is 0. The van der Waals surface area contributed by atoms with Crippen molar-refractivity contribution in [2.45, 2.75) is 0 Å². The summed E-state index contributed by atoms with van der Waals surface area (Å²) in [5.74, 6) is 1.73. The zero-order chi connectivity index (χ0) is 24.4. The van der Waals surface area contributed by atoms with Crippen LogP contribution in [0.25, 0.3) is 33.8 Å². The summed E-state index contributed by atoms with van der Waals surface area (Å²) in [6.07, 6.45) is 5.18. The maximum Gasteiger partial charge on any atom is 0.204 e. The maximum atomic E-state index is 13.7. The van der Waals surface area contributed by atoms with Gasteiger partial charge in [0.2, 0.25) is 5.78 Å². The van der Waals surface area contributed by atoms with Gasteiger partial charge in [-0.15, -0.1) is 0 Å². The number of carbonyl (C=O) groups is 1. The van der Waals surface area contributed by atoms with Gasteiger partial charge in [-0.05, 0) is 53.9 Å². The summed E-state index contributed by atoms with van der Waals surface area (Å²) >= 11 is 0. The third-order valence-electron chi connectivity index (χ3n) is 5.96. The molecule has 6 nitrogen and oxygen atoms in total. The predicted octanol–water partition coefficient (Wildman–Crippen LogP) is 6.08. The Morgan fingerprint density at radius 1 is 0.857 bits per heavy atom. The van der Waals surface area contributed by atoms with Gasteiger partial charge in [-0.25, -0.2) is 4.98 Å². The lowest BCUT2D eigenvalue weighted by Gasteiger charge is -2.09. The largest absolute Gasteiger partial charge is 0.497 e. The molecule has 0 radical (unpaired) electrons. The van der Waals surface area contributed by atoms with Gasteiger partial charge in [-0.3, -0.25) is 9.20 Å². The zero-order valence-corrected chi connectivity index (χ0v) is 19.7. The fourth-order valence-corrected chi connectivity index (χ4v) is 4.24. The lowest BCUT2D eigenvalue weighted by Crippen LogP contribution is -2.02. The molecule has 5 rings (SSSR count). The first kappa shape index (κ1) is 22.2. The van der Waals surface area contributed by atoms with Crippen LogP contribution < -0.4 is 14.2 Å². The molecule has 0 saturated heterocycles. The number of allylic oxidation sites excluding steroid dienone is 1. The SMILES string of the molecule is COc1ccc(-c2nc3c4ccccc4ccn3c2C(=O)C=Cc2cccc(OC)c2OC)cc1. The molecule has 0 unspecified atom stereocenters. The molecule has 3 aromatic carbocycles. The van der Waals surface area contributed by atoms with Crippen LogP contribution in [-0.4, -0.2) is 36.5 Å². The number of benzene rings is 3. The summed E-state index contributed by atoms with van der Waals surface area (Å²) in [6.45, 7) is 0. The van der Waals surface area contributed by atoms with Crippen LogP contribution in [0.5, 0.6) is 17.2 Å². The topological polar surface area (TPSA) is 62.1 Å². The zero-order valence-electron chi connectivity index (χ0n) is 19.7. The van der Waals surface area contributed by atoms with Crippen LogP contribution in [0.4, 0.5) is 0 Å². The van der Waals surface area contributed by atoms with E-state index in [9.17, 15) is 4.79 Å². The second-order valence-corrected chi connectivity index (χ2v) is 7.91. The van der Waals surface area contributed by atoms with Crippen molar-refractivity contribution < 1.29 is 19.0 Å². The van der Waals surface area contributed by atoms with Gasteiger partial charge in [-0.1, -0.05) is 36.4 Å². The number of methoxy groups -OCH3 is 3. The van der Waals surface area contributed by atoms with Crippen molar-refractivity contribution in [2.24, 2.45) is 0 Å². The Morgan fingerprint density at radius 3 is 2.40 bits per heavy atom. The number of pyridine rings is 1. The average Bonchev–Trinajstić information content (AvgIpc) is 3.31. The molecule has 2 heterocycles. The number of aromatic nitrogens is 2. The van der Waals surface area contributed by atoms with Gasteiger partial charge in [-0.2, -0.15) is 0 Å².